The molecule has 0 saturated heterocycles. The minimum Gasteiger partial charge on any atom is -0.497 e. The van der Waals surface area contributed by atoms with Gasteiger partial charge in [-0.25, -0.2) is 0 Å². The molecule has 2 N–H and O–H groups in total. The lowest BCUT2D eigenvalue weighted by Crippen LogP contribution is -2.34. The highest BCUT2D eigenvalue weighted by Gasteiger charge is 2.19. The first-order valence-corrected chi connectivity index (χ1v) is 6.27. The minimum absolute atomic E-state index is 0. The molecule has 0 bridgehead atoms. The molecule has 0 aliphatic carbocycles. The van der Waals surface area contributed by atoms with Gasteiger partial charge in [-0.15, -0.1) is 12.4 Å². The van der Waals surface area contributed by atoms with Gasteiger partial charge in [0.15, 0.2) is 0 Å². The van der Waals surface area contributed by atoms with E-state index in [0.717, 1.165) is 11.3 Å². The number of hydrogen-bond acceptors (Lipinski definition) is 3. The summed E-state index contributed by atoms with van der Waals surface area (Å²) in [6.07, 6.45) is 0.391. The van der Waals surface area contributed by atoms with Crippen LogP contribution < -0.4 is 10.5 Å². The topological polar surface area (TPSA) is 55.6 Å². The molecule has 0 heterocycles. The standard InChI is InChI=1S/C14H22N2O2.ClH/c1-4-16(14(17)8-9-15)11(2)12-6-5-7-13(10-12)18-3;/h5-7,10-11H,4,8-9,15H2,1-3H3;1H. The van der Waals surface area contributed by atoms with Crippen molar-refractivity contribution in [2.75, 3.05) is 20.2 Å². The Bertz CT molecular complexity index is 399. The molecule has 0 spiro atoms. The first-order chi connectivity index (χ1) is 8.63. The number of rotatable bonds is 6. The molecular weight excluding hydrogens is 264 g/mol. The molecule has 108 valence electrons. The Morgan fingerprint density at radius 1 is 1.47 bits per heavy atom. The van der Waals surface area contributed by atoms with E-state index in [4.69, 9.17) is 10.5 Å². The van der Waals surface area contributed by atoms with Gasteiger partial charge in [0.2, 0.25) is 5.91 Å². The molecule has 1 amide bonds. The number of carbonyl (C=O) groups is 1. The van der Waals surface area contributed by atoms with Crippen LogP contribution >= 0.6 is 12.4 Å². The fourth-order valence-corrected chi connectivity index (χ4v) is 2.01. The number of nitrogens with two attached hydrogens (primary N) is 1. The van der Waals surface area contributed by atoms with Crippen LogP contribution in [0.1, 0.15) is 31.9 Å². The zero-order valence-electron chi connectivity index (χ0n) is 11.8. The predicted octanol–water partition coefficient (Wildman–Crippen LogP) is 2.38. The minimum atomic E-state index is 0. The summed E-state index contributed by atoms with van der Waals surface area (Å²) in [6, 6.07) is 7.83. The predicted molar refractivity (Wildman–Crippen MR) is 79.7 cm³/mol. The van der Waals surface area contributed by atoms with Gasteiger partial charge in [0.1, 0.15) is 5.75 Å². The second-order valence-corrected chi connectivity index (χ2v) is 4.17. The molecule has 0 radical (unpaired) electrons. The van der Waals surface area contributed by atoms with E-state index in [1.165, 1.54) is 0 Å². The smallest absolute Gasteiger partial charge is 0.224 e. The third kappa shape index (κ3) is 4.73. The number of benzene rings is 1. The van der Waals surface area contributed by atoms with Gasteiger partial charge in [-0.05, 0) is 31.5 Å². The van der Waals surface area contributed by atoms with Crippen molar-refractivity contribution < 1.29 is 9.53 Å². The monoisotopic (exact) mass is 286 g/mol. The van der Waals surface area contributed by atoms with Crippen molar-refractivity contribution in [2.45, 2.75) is 26.3 Å². The zero-order chi connectivity index (χ0) is 13.5. The molecule has 1 atom stereocenters. The van der Waals surface area contributed by atoms with Crippen molar-refractivity contribution >= 4 is 18.3 Å². The average molecular weight is 287 g/mol. The summed E-state index contributed by atoms with van der Waals surface area (Å²) in [7, 11) is 1.64. The van der Waals surface area contributed by atoms with Crippen LogP contribution in [-0.4, -0.2) is 31.0 Å². The fourth-order valence-electron chi connectivity index (χ4n) is 2.01. The Morgan fingerprint density at radius 2 is 2.16 bits per heavy atom. The van der Waals surface area contributed by atoms with Crippen molar-refractivity contribution in [1.29, 1.82) is 0 Å². The molecule has 1 unspecified atom stereocenters. The van der Waals surface area contributed by atoms with Crippen molar-refractivity contribution in [3.63, 3.8) is 0 Å². The van der Waals surface area contributed by atoms with E-state index in [1.807, 2.05) is 43.0 Å². The second kappa shape index (κ2) is 8.77. The summed E-state index contributed by atoms with van der Waals surface area (Å²) in [5.74, 6) is 0.900. The first kappa shape index (κ1) is 17.7. The summed E-state index contributed by atoms with van der Waals surface area (Å²) < 4.78 is 5.20. The molecule has 19 heavy (non-hydrogen) atoms. The van der Waals surface area contributed by atoms with E-state index in [1.54, 1.807) is 7.11 Å². The largest absolute Gasteiger partial charge is 0.497 e. The van der Waals surface area contributed by atoms with Crippen LogP contribution in [0.15, 0.2) is 24.3 Å². The van der Waals surface area contributed by atoms with Crippen LogP contribution in [-0.2, 0) is 4.79 Å². The number of ether oxygens (including phenoxy) is 1. The maximum Gasteiger partial charge on any atom is 0.224 e. The molecule has 1 aromatic rings. The van der Waals surface area contributed by atoms with E-state index in [9.17, 15) is 4.79 Å². The first-order valence-electron chi connectivity index (χ1n) is 6.27. The zero-order valence-corrected chi connectivity index (χ0v) is 12.6. The van der Waals surface area contributed by atoms with Gasteiger partial charge >= 0.3 is 0 Å². The summed E-state index contributed by atoms with van der Waals surface area (Å²) in [4.78, 5) is 13.8. The number of methoxy groups -OCH3 is 1. The number of hydrogen-bond donors (Lipinski definition) is 1. The molecule has 0 saturated carbocycles. The fraction of sp³-hybridized carbons (Fsp3) is 0.500. The van der Waals surface area contributed by atoms with Crippen molar-refractivity contribution in [3.8, 4) is 5.75 Å². The van der Waals surface area contributed by atoms with Crippen molar-refractivity contribution in [2.24, 2.45) is 5.73 Å². The Hall–Kier alpha value is -1.26. The quantitative estimate of drug-likeness (QED) is 0.873. The Morgan fingerprint density at radius 3 is 2.68 bits per heavy atom. The molecule has 1 rings (SSSR count). The maximum absolute atomic E-state index is 12.0. The number of carbonyl (C=O) groups excluding carboxylic acids is 1. The Kier molecular flexibility index (Phi) is 8.19. The molecule has 0 aliphatic rings. The van der Waals surface area contributed by atoms with E-state index >= 15 is 0 Å². The van der Waals surface area contributed by atoms with Gasteiger partial charge in [-0.2, -0.15) is 0 Å². The molecule has 0 aliphatic heterocycles. The summed E-state index contributed by atoms with van der Waals surface area (Å²) in [6.45, 7) is 5.06. The SMILES string of the molecule is CCN(C(=O)CCN)C(C)c1cccc(OC)c1.Cl. The van der Waals surface area contributed by atoms with Gasteiger partial charge in [0, 0.05) is 19.5 Å². The Balaban J connectivity index is 0.00000324. The lowest BCUT2D eigenvalue weighted by molar-refractivity contribution is -0.132. The van der Waals surface area contributed by atoms with E-state index in [0.29, 0.717) is 19.5 Å². The lowest BCUT2D eigenvalue weighted by Gasteiger charge is -2.28. The summed E-state index contributed by atoms with van der Waals surface area (Å²) in [5, 5.41) is 0. The highest BCUT2D eigenvalue weighted by atomic mass is 35.5. The molecule has 5 heteroatoms. The van der Waals surface area contributed by atoms with E-state index in [-0.39, 0.29) is 24.4 Å². The number of halogens is 1. The van der Waals surface area contributed by atoms with Crippen LogP contribution in [0.25, 0.3) is 0 Å². The highest BCUT2D eigenvalue weighted by Crippen LogP contribution is 2.24. The lowest BCUT2D eigenvalue weighted by atomic mass is 10.1. The van der Waals surface area contributed by atoms with Gasteiger partial charge in [-0.3, -0.25) is 4.79 Å². The normalized spacial score (nSPS) is 11.4. The summed E-state index contributed by atoms with van der Waals surface area (Å²) >= 11 is 0. The number of amides is 1. The van der Waals surface area contributed by atoms with Gasteiger partial charge in [-0.1, -0.05) is 12.1 Å². The van der Waals surface area contributed by atoms with E-state index in [2.05, 4.69) is 0 Å². The molecule has 1 aromatic carbocycles. The van der Waals surface area contributed by atoms with Crippen LogP contribution in [0, 0.1) is 0 Å². The molecular formula is C14H23ClN2O2. The van der Waals surface area contributed by atoms with Crippen molar-refractivity contribution in [1.82, 2.24) is 4.90 Å². The second-order valence-electron chi connectivity index (χ2n) is 4.17. The van der Waals surface area contributed by atoms with Crippen LogP contribution in [0.3, 0.4) is 0 Å². The maximum atomic E-state index is 12.0. The van der Waals surface area contributed by atoms with Gasteiger partial charge < -0.3 is 15.4 Å². The van der Waals surface area contributed by atoms with Crippen LogP contribution in [0.5, 0.6) is 5.75 Å². The van der Waals surface area contributed by atoms with Gasteiger partial charge in [0.25, 0.3) is 0 Å². The Labute approximate surface area is 121 Å². The van der Waals surface area contributed by atoms with Crippen LogP contribution in [0.4, 0.5) is 0 Å². The van der Waals surface area contributed by atoms with Crippen LogP contribution in [0.2, 0.25) is 0 Å². The molecule has 0 fully saturated rings. The molecule has 0 aromatic heterocycles. The molecule has 4 nitrogen and oxygen atoms in total. The third-order valence-corrected chi connectivity index (χ3v) is 3.06. The third-order valence-electron chi connectivity index (χ3n) is 3.06. The number of nitrogens with zero attached hydrogens (tertiary/aromatic N) is 1. The highest BCUT2D eigenvalue weighted by molar-refractivity contribution is 5.85. The van der Waals surface area contributed by atoms with Crippen molar-refractivity contribution in [3.05, 3.63) is 29.8 Å². The average Bonchev–Trinajstić information content (AvgIpc) is 2.40. The van der Waals surface area contributed by atoms with E-state index < -0.39 is 0 Å². The summed E-state index contributed by atoms with van der Waals surface area (Å²) in [5.41, 5.74) is 6.51. The van der Waals surface area contributed by atoms with Gasteiger partial charge in [0.05, 0.1) is 13.2 Å².